The van der Waals surface area contributed by atoms with Crippen LogP contribution in [0.25, 0.3) is 22.4 Å². The Morgan fingerprint density at radius 3 is 2.44 bits per heavy atom. The average Bonchev–Trinajstić information content (AvgIpc) is 3.69. The molecule has 0 spiro atoms. The summed E-state index contributed by atoms with van der Waals surface area (Å²) in [5.74, 6) is 1.90. The van der Waals surface area contributed by atoms with E-state index in [0.717, 1.165) is 79.5 Å². The van der Waals surface area contributed by atoms with E-state index in [1.54, 1.807) is 0 Å². The Kier molecular flexibility index (Phi) is 7.60. The van der Waals surface area contributed by atoms with Crippen LogP contribution in [0.2, 0.25) is 0 Å². The first-order chi connectivity index (χ1) is 19.7. The molecule has 2 aromatic carbocycles. The number of carbonyl (C=O) groups is 1. The highest BCUT2D eigenvalue weighted by atomic mass is 16.2. The van der Waals surface area contributed by atoms with Crippen molar-refractivity contribution in [2.45, 2.75) is 77.9 Å². The number of hydrogen-bond acceptors (Lipinski definition) is 5. The smallest absolute Gasteiger partial charge is 0.240 e. The van der Waals surface area contributed by atoms with Crippen LogP contribution in [0.4, 0.5) is 5.69 Å². The number of carbonyl (C=O) groups excluding carboxylic acids is 1. The highest BCUT2D eigenvalue weighted by Crippen LogP contribution is 2.30. The number of nitrogens with zero attached hydrogens (tertiary/aromatic N) is 5. The molecule has 0 atom stereocenters. The molecule has 2 N–H and O–H groups in total. The summed E-state index contributed by atoms with van der Waals surface area (Å²) in [6.45, 7) is 13.6. The van der Waals surface area contributed by atoms with Crippen molar-refractivity contribution in [3.05, 3.63) is 65.7 Å². The number of benzene rings is 2. The molecule has 0 bridgehead atoms. The molecule has 1 aliphatic carbocycles. The van der Waals surface area contributed by atoms with Crippen LogP contribution >= 0.6 is 0 Å². The average molecular weight is 554 g/mol. The Morgan fingerprint density at radius 1 is 1.00 bits per heavy atom. The number of imidazole rings is 2. The Bertz CT molecular complexity index is 1500. The van der Waals surface area contributed by atoms with Crippen molar-refractivity contribution in [1.29, 1.82) is 0 Å². The molecule has 6 rings (SSSR count). The minimum atomic E-state index is 0.0928. The lowest BCUT2D eigenvalue weighted by Gasteiger charge is -2.35. The van der Waals surface area contributed by atoms with Gasteiger partial charge in [0.2, 0.25) is 5.91 Å². The van der Waals surface area contributed by atoms with Crippen LogP contribution in [0.3, 0.4) is 0 Å². The zero-order chi connectivity index (χ0) is 28.6. The molecule has 8 heteroatoms. The number of aromatic nitrogens is 4. The Balaban J connectivity index is 1.08. The lowest BCUT2D eigenvalue weighted by atomic mass is 9.87. The van der Waals surface area contributed by atoms with Crippen LogP contribution in [0.15, 0.2) is 48.7 Å². The molecule has 0 radical (unpaired) electrons. The minimum Gasteiger partial charge on any atom is -0.367 e. The number of rotatable bonds is 7. The van der Waals surface area contributed by atoms with Crippen LogP contribution in [0.5, 0.6) is 0 Å². The first kappa shape index (κ1) is 27.5. The van der Waals surface area contributed by atoms with E-state index in [2.05, 4.69) is 89.5 Å². The summed E-state index contributed by atoms with van der Waals surface area (Å²) in [5, 5.41) is 3.19. The summed E-state index contributed by atoms with van der Waals surface area (Å²) < 4.78 is 1.99. The molecule has 216 valence electrons. The lowest BCUT2D eigenvalue weighted by molar-refractivity contribution is -0.122. The van der Waals surface area contributed by atoms with Gasteiger partial charge in [-0.2, -0.15) is 0 Å². The predicted molar refractivity (Wildman–Crippen MR) is 165 cm³/mol. The number of para-hydroxylation sites is 1. The third-order valence-corrected chi connectivity index (χ3v) is 8.67. The Morgan fingerprint density at radius 2 is 1.73 bits per heavy atom. The zero-order valence-corrected chi connectivity index (χ0v) is 24.9. The van der Waals surface area contributed by atoms with Gasteiger partial charge in [-0.1, -0.05) is 63.9 Å². The van der Waals surface area contributed by atoms with Crippen molar-refractivity contribution in [2.24, 2.45) is 0 Å². The van der Waals surface area contributed by atoms with Gasteiger partial charge in [0.15, 0.2) is 0 Å². The van der Waals surface area contributed by atoms with Crippen molar-refractivity contribution in [3.63, 3.8) is 0 Å². The quantitative estimate of drug-likeness (QED) is 0.320. The molecule has 41 heavy (non-hydrogen) atoms. The molecule has 2 fully saturated rings. The molecular weight excluding hydrogens is 510 g/mol. The molecule has 1 amide bonds. The van der Waals surface area contributed by atoms with Crippen molar-refractivity contribution in [2.75, 3.05) is 31.1 Å². The standard InChI is InChI=1S/C33H43N7O/c1-23-34-27(21-40(23)22-30(41)35-26-8-5-6-9-26)20-38-16-18-39(19-17-38)29-11-7-10-28-31(29)37-32(36-28)24-12-14-25(15-13-24)33(2,3)4/h7,10-15,21,26H,5-6,8-9,16-20,22H2,1-4H3,(H,35,41)(H,36,37). The molecule has 2 aliphatic rings. The van der Waals surface area contributed by atoms with Gasteiger partial charge in [0, 0.05) is 50.5 Å². The Hall–Kier alpha value is -3.65. The van der Waals surface area contributed by atoms with Crippen molar-refractivity contribution in [1.82, 2.24) is 29.7 Å². The van der Waals surface area contributed by atoms with Gasteiger partial charge in [-0.05, 0) is 42.9 Å². The molecule has 0 unspecified atom stereocenters. The second-order valence-corrected chi connectivity index (χ2v) is 12.8. The number of piperazine rings is 1. The second-order valence-electron chi connectivity index (χ2n) is 12.8. The molecule has 1 aliphatic heterocycles. The maximum absolute atomic E-state index is 12.5. The Labute approximate surface area is 243 Å². The number of nitrogens with one attached hydrogen (secondary N) is 2. The molecule has 3 heterocycles. The number of fused-ring (bicyclic) bond motifs is 1. The monoisotopic (exact) mass is 553 g/mol. The molecular formula is C33H43N7O. The van der Waals surface area contributed by atoms with Crippen LogP contribution in [-0.4, -0.2) is 62.5 Å². The highest BCUT2D eigenvalue weighted by molar-refractivity contribution is 5.91. The fourth-order valence-electron chi connectivity index (χ4n) is 6.22. The van der Waals surface area contributed by atoms with Crippen LogP contribution < -0.4 is 10.2 Å². The predicted octanol–water partition coefficient (Wildman–Crippen LogP) is 5.41. The molecule has 8 nitrogen and oxygen atoms in total. The fourth-order valence-corrected chi connectivity index (χ4v) is 6.22. The lowest BCUT2D eigenvalue weighted by Crippen LogP contribution is -2.46. The zero-order valence-electron chi connectivity index (χ0n) is 24.9. The molecule has 2 aromatic heterocycles. The SMILES string of the molecule is Cc1nc(CN2CCN(c3cccc4[nH]c(-c5ccc(C(C)(C)C)cc5)nc34)CC2)cn1CC(=O)NC1CCCC1. The van der Waals surface area contributed by atoms with Gasteiger partial charge in [0.1, 0.15) is 23.7 Å². The third-order valence-electron chi connectivity index (χ3n) is 8.67. The molecule has 1 saturated heterocycles. The van der Waals surface area contributed by atoms with E-state index in [1.807, 2.05) is 11.5 Å². The maximum atomic E-state index is 12.5. The van der Waals surface area contributed by atoms with Gasteiger partial charge in [-0.3, -0.25) is 9.69 Å². The van der Waals surface area contributed by atoms with Gasteiger partial charge in [0.25, 0.3) is 0 Å². The van der Waals surface area contributed by atoms with Crippen LogP contribution in [0.1, 0.15) is 63.5 Å². The van der Waals surface area contributed by atoms with E-state index in [4.69, 9.17) is 9.97 Å². The van der Waals surface area contributed by atoms with E-state index in [-0.39, 0.29) is 11.3 Å². The number of aromatic amines is 1. The first-order valence-electron chi connectivity index (χ1n) is 15.1. The number of anilines is 1. The number of H-pyrrole nitrogens is 1. The molecule has 4 aromatic rings. The fraction of sp³-hybridized carbons (Fsp3) is 0.485. The summed E-state index contributed by atoms with van der Waals surface area (Å²) in [7, 11) is 0. The van der Waals surface area contributed by atoms with Gasteiger partial charge >= 0.3 is 0 Å². The van der Waals surface area contributed by atoms with Gasteiger partial charge < -0.3 is 19.8 Å². The summed E-state index contributed by atoms with van der Waals surface area (Å²) in [6, 6.07) is 15.5. The molecule has 1 saturated carbocycles. The normalized spacial score (nSPS) is 17.0. The van der Waals surface area contributed by atoms with Crippen molar-refractivity contribution < 1.29 is 4.79 Å². The summed E-state index contributed by atoms with van der Waals surface area (Å²) in [4.78, 5) is 30.8. The topological polar surface area (TPSA) is 82.1 Å². The first-order valence-corrected chi connectivity index (χ1v) is 15.1. The van der Waals surface area contributed by atoms with Gasteiger partial charge in [-0.15, -0.1) is 0 Å². The third kappa shape index (κ3) is 6.17. The van der Waals surface area contributed by atoms with E-state index in [9.17, 15) is 4.79 Å². The maximum Gasteiger partial charge on any atom is 0.240 e. The van der Waals surface area contributed by atoms with Gasteiger partial charge in [-0.25, -0.2) is 9.97 Å². The van der Waals surface area contributed by atoms with Gasteiger partial charge in [0.05, 0.1) is 16.9 Å². The van der Waals surface area contributed by atoms with Crippen LogP contribution in [0, 0.1) is 6.92 Å². The van der Waals surface area contributed by atoms with E-state index < -0.39 is 0 Å². The minimum absolute atomic E-state index is 0.0928. The van der Waals surface area contributed by atoms with Crippen molar-refractivity contribution >= 4 is 22.6 Å². The van der Waals surface area contributed by atoms with E-state index in [1.165, 1.54) is 24.1 Å². The summed E-state index contributed by atoms with van der Waals surface area (Å²) in [5.41, 5.74) is 6.87. The van der Waals surface area contributed by atoms with Crippen molar-refractivity contribution in [3.8, 4) is 11.4 Å². The van der Waals surface area contributed by atoms with E-state index >= 15 is 0 Å². The van der Waals surface area contributed by atoms with E-state index in [0.29, 0.717) is 12.6 Å². The number of aryl methyl sites for hydroxylation is 1. The second kappa shape index (κ2) is 11.3. The highest BCUT2D eigenvalue weighted by Gasteiger charge is 2.22. The van der Waals surface area contributed by atoms with Crippen LogP contribution in [-0.2, 0) is 23.3 Å². The summed E-state index contributed by atoms with van der Waals surface area (Å²) in [6.07, 6.45) is 6.70. The largest absolute Gasteiger partial charge is 0.367 e. The number of amides is 1. The summed E-state index contributed by atoms with van der Waals surface area (Å²) >= 11 is 0. The number of hydrogen-bond donors (Lipinski definition) is 2.